The standard InChI is InChI=1S/C22H20F3NO2/c23-18-9-10-19(24)21(25)20(18)15-11-16-7-4-8-17(12-15)26(16)22(27)28-13-14-5-2-1-3-6-14/h1-3,5-6,9-11,16-17H,4,7-8,12-13H2. The summed E-state index contributed by atoms with van der Waals surface area (Å²) in [6.07, 6.45) is 3.82. The van der Waals surface area contributed by atoms with Gasteiger partial charge in [-0.1, -0.05) is 36.4 Å². The zero-order valence-corrected chi connectivity index (χ0v) is 15.2. The third-order valence-electron chi connectivity index (χ3n) is 5.42. The van der Waals surface area contributed by atoms with E-state index in [0.29, 0.717) is 18.4 Å². The van der Waals surface area contributed by atoms with Crippen LogP contribution < -0.4 is 0 Å². The van der Waals surface area contributed by atoms with Gasteiger partial charge in [0.05, 0.1) is 11.6 Å². The molecule has 2 heterocycles. The van der Waals surface area contributed by atoms with E-state index >= 15 is 0 Å². The van der Waals surface area contributed by atoms with Crippen molar-refractivity contribution in [1.82, 2.24) is 4.90 Å². The monoisotopic (exact) mass is 387 g/mol. The van der Waals surface area contributed by atoms with Crippen LogP contribution in [0.15, 0.2) is 48.5 Å². The fourth-order valence-electron chi connectivity index (χ4n) is 4.11. The van der Waals surface area contributed by atoms with Crippen molar-refractivity contribution < 1.29 is 22.7 Å². The molecule has 2 aliphatic heterocycles. The maximum absolute atomic E-state index is 14.2. The molecule has 2 atom stereocenters. The van der Waals surface area contributed by atoms with Crippen LogP contribution in [0.25, 0.3) is 5.57 Å². The SMILES string of the molecule is O=C(OCc1ccccc1)N1C2C=C(c3c(F)ccc(F)c3F)CC1CCC2. The number of nitrogens with zero attached hydrogens (tertiary/aromatic N) is 1. The largest absolute Gasteiger partial charge is 0.445 e. The highest BCUT2D eigenvalue weighted by molar-refractivity contribution is 5.75. The van der Waals surface area contributed by atoms with Crippen LogP contribution in [0.2, 0.25) is 0 Å². The normalized spacial score (nSPS) is 21.2. The van der Waals surface area contributed by atoms with Crippen molar-refractivity contribution >= 4 is 11.7 Å². The van der Waals surface area contributed by atoms with Gasteiger partial charge in [-0.2, -0.15) is 0 Å². The molecule has 0 spiro atoms. The molecule has 1 fully saturated rings. The molecule has 28 heavy (non-hydrogen) atoms. The molecule has 2 aromatic rings. The van der Waals surface area contributed by atoms with Crippen LogP contribution >= 0.6 is 0 Å². The van der Waals surface area contributed by atoms with Crippen molar-refractivity contribution in [2.75, 3.05) is 0 Å². The molecule has 3 nitrogen and oxygen atoms in total. The number of carbonyl (C=O) groups is 1. The Morgan fingerprint density at radius 1 is 1.04 bits per heavy atom. The number of hydrogen-bond acceptors (Lipinski definition) is 2. The molecule has 2 bridgehead atoms. The first-order chi connectivity index (χ1) is 13.5. The summed E-state index contributed by atoms with van der Waals surface area (Å²) in [5.41, 5.74) is 0.976. The quantitative estimate of drug-likeness (QED) is 0.656. The van der Waals surface area contributed by atoms with Gasteiger partial charge in [0.2, 0.25) is 0 Å². The minimum atomic E-state index is -1.18. The van der Waals surface area contributed by atoms with E-state index in [9.17, 15) is 18.0 Å². The summed E-state index contributed by atoms with van der Waals surface area (Å²) in [5.74, 6) is -3.04. The molecule has 0 aromatic heterocycles. The van der Waals surface area contributed by atoms with Gasteiger partial charge in [-0.3, -0.25) is 4.90 Å². The zero-order chi connectivity index (χ0) is 19.7. The summed E-state index contributed by atoms with van der Waals surface area (Å²) in [6, 6.07) is 10.6. The van der Waals surface area contributed by atoms with Gasteiger partial charge in [0, 0.05) is 6.04 Å². The van der Waals surface area contributed by atoms with E-state index in [0.717, 1.165) is 24.1 Å². The Balaban J connectivity index is 1.56. The van der Waals surface area contributed by atoms with Crippen molar-refractivity contribution in [3.63, 3.8) is 0 Å². The van der Waals surface area contributed by atoms with E-state index in [1.54, 1.807) is 11.0 Å². The van der Waals surface area contributed by atoms with E-state index in [4.69, 9.17) is 4.74 Å². The Morgan fingerprint density at radius 3 is 2.54 bits per heavy atom. The fourth-order valence-corrected chi connectivity index (χ4v) is 4.11. The van der Waals surface area contributed by atoms with E-state index in [2.05, 4.69) is 0 Å². The molecule has 2 unspecified atom stereocenters. The average Bonchev–Trinajstić information content (AvgIpc) is 2.69. The highest BCUT2D eigenvalue weighted by Gasteiger charge is 2.39. The molecular formula is C22H20F3NO2. The zero-order valence-electron chi connectivity index (χ0n) is 15.2. The highest BCUT2D eigenvalue weighted by Crippen LogP contribution is 2.39. The fraction of sp³-hybridized carbons (Fsp3) is 0.318. The Bertz CT molecular complexity index is 913. The van der Waals surface area contributed by atoms with Gasteiger partial charge in [0.1, 0.15) is 12.4 Å². The summed E-state index contributed by atoms with van der Waals surface area (Å²) in [5, 5.41) is 0. The smallest absolute Gasteiger partial charge is 0.410 e. The van der Waals surface area contributed by atoms with Crippen LogP contribution in [0.4, 0.5) is 18.0 Å². The van der Waals surface area contributed by atoms with E-state index < -0.39 is 23.5 Å². The van der Waals surface area contributed by atoms with Crippen LogP contribution in [0.1, 0.15) is 36.8 Å². The molecule has 4 rings (SSSR count). The van der Waals surface area contributed by atoms with Gasteiger partial charge in [0.15, 0.2) is 11.6 Å². The molecule has 1 amide bonds. The van der Waals surface area contributed by atoms with E-state index in [1.165, 1.54) is 0 Å². The van der Waals surface area contributed by atoms with Crippen molar-refractivity contribution in [2.24, 2.45) is 0 Å². The minimum Gasteiger partial charge on any atom is -0.445 e. The lowest BCUT2D eigenvalue weighted by molar-refractivity contribution is 0.0510. The third-order valence-corrected chi connectivity index (χ3v) is 5.42. The van der Waals surface area contributed by atoms with Crippen molar-refractivity contribution in [3.05, 3.63) is 77.1 Å². The summed E-state index contributed by atoms with van der Waals surface area (Å²) in [4.78, 5) is 14.3. The Hall–Kier alpha value is -2.76. The molecule has 0 N–H and O–H groups in total. The van der Waals surface area contributed by atoms with Gasteiger partial charge in [-0.25, -0.2) is 18.0 Å². The van der Waals surface area contributed by atoms with Gasteiger partial charge in [-0.05, 0) is 49.0 Å². The molecule has 0 aliphatic carbocycles. The van der Waals surface area contributed by atoms with Crippen LogP contribution in [-0.4, -0.2) is 23.1 Å². The van der Waals surface area contributed by atoms with Crippen molar-refractivity contribution in [1.29, 1.82) is 0 Å². The number of ether oxygens (including phenoxy) is 1. The Morgan fingerprint density at radius 2 is 1.79 bits per heavy atom. The minimum absolute atomic E-state index is 0.166. The third kappa shape index (κ3) is 3.51. The summed E-state index contributed by atoms with van der Waals surface area (Å²) >= 11 is 0. The molecule has 0 radical (unpaired) electrons. The second-order valence-corrected chi connectivity index (χ2v) is 7.21. The number of halogens is 3. The van der Waals surface area contributed by atoms with E-state index in [1.807, 2.05) is 30.3 Å². The number of carbonyl (C=O) groups excluding carboxylic acids is 1. The van der Waals surface area contributed by atoms with Crippen molar-refractivity contribution in [2.45, 2.75) is 44.4 Å². The van der Waals surface area contributed by atoms with Gasteiger partial charge < -0.3 is 4.74 Å². The number of fused-ring (bicyclic) bond motifs is 2. The Kier molecular flexibility index (Phi) is 5.11. The second kappa shape index (κ2) is 7.70. The first-order valence-electron chi connectivity index (χ1n) is 9.38. The number of piperidine rings is 1. The van der Waals surface area contributed by atoms with Crippen LogP contribution in [0.5, 0.6) is 0 Å². The lowest BCUT2D eigenvalue weighted by Crippen LogP contribution is -2.51. The predicted molar refractivity (Wildman–Crippen MR) is 98.8 cm³/mol. The summed E-state index contributed by atoms with van der Waals surface area (Å²) < 4.78 is 47.5. The van der Waals surface area contributed by atoms with Crippen molar-refractivity contribution in [3.8, 4) is 0 Å². The maximum Gasteiger partial charge on any atom is 0.410 e. The number of amides is 1. The van der Waals surface area contributed by atoms with Crippen LogP contribution in [0.3, 0.4) is 0 Å². The van der Waals surface area contributed by atoms with E-state index in [-0.39, 0.29) is 30.7 Å². The number of hydrogen-bond donors (Lipinski definition) is 0. The topological polar surface area (TPSA) is 29.5 Å². The maximum atomic E-state index is 14.2. The molecular weight excluding hydrogens is 367 g/mol. The summed E-state index contributed by atoms with van der Waals surface area (Å²) in [7, 11) is 0. The lowest BCUT2D eigenvalue weighted by Gasteiger charge is -2.44. The lowest BCUT2D eigenvalue weighted by atomic mass is 9.83. The van der Waals surface area contributed by atoms with Crippen LogP contribution in [-0.2, 0) is 11.3 Å². The molecule has 2 aliphatic rings. The number of benzene rings is 2. The summed E-state index contributed by atoms with van der Waals surface area (Å²) in [6.45, 7) is 0.166. The first-order valence-corrected chi connectivity index (χ1v) is 9.38. The predicted octanol–water partition coefficient (Wildman–Crippen LogP) is 5.45. The molecule has 6 heteroatoms. The first kappa shape index (κ1) is 18.6. The van der Waals surface area contributed by atoms with Gasteiger partial charge in [-0.15, -0.1) is 0 Å². The van der Waals surface area contributed by atoms with Crippen LogP contribution in [0, 0.1) is 17.5 Å². The molecule has 1 saturated heterocycles. The highest BCUT2D eigenvalue weighted by atomic mass is 19.2. The molecule has 2 aromatic carbocycles. The van der Waals surface area contributed by atoms with Gasteiger partial charge in [0.25, 0.3) is 0 Å². The average molecular weight is 387 g/mol. The number of rotatable bonds is 3. The second-order valence-electron chi connectivity index (χ2n) is 7.21. The Labute approximate surface area is 161 Å². The molecule has 0 saturated carbocycles. The molecule has 146 valence electrons. The van der Waals surface area contributed by atoms with Gasteiger partial charge >= 0.3 is 6.09 Å².